The molecule has 1 aliphatic rings. The molecule has 0 spiro atoms. The van der Waals surface area contributed by atoms with Crippen molar-refractivity contribution in [3.05, 3.63) is 83.9 Å². The van der Waals surface area contributed by atoms with Gasteiger partial charge in [-0.05, 0) is 36.4 Å². The highest BCUT2D eigenvalue weighted by Crippen LogP contribution is 2.31. The topological polar surface area (TPSA) is 70.2 Å². The molecule has 0 N–H and O–H groups in total. The molecule has 0 aliphatic carbocycles. The number of halogens is 1. The zero-order chi connectivity index (χ0) is 24.1. The molecule has 3 aromatic carbocycles. The molecule has 1 fully saturated rings. The van der Waals surface area contributed by atoms with E-state index < -0.39 is 10.0 Å². The van der Waals surface area contributed by atoms with Crippen molar-refractivity contribution in [3.63, 3.8) is 0 Å². The molecule has 0 aromatic heterocycles. The zero-order valence-electron chi connectivity index (χ0n) is 18.8. The molecule has 0 radical (unpaired) electrons. The van der Waals surface area contributed by atoms with E-state index >= 15 is 0 Å². The Morgan fingerprint density at radius 3 is 2.21 bits per heavy atom. The summed E-state index contributed by atoms with van der Waals surface area (Å²) in [6.07, 6.45) is 0. The third-order valence-corrected chi connectivity index (χ3v) is 7.88. The summed E-state index contributed by atoms with van der Waals surface area (Å²) in [7, 11) is -2.36. The number of piperazine rings is 1. The first kappa shape index (κ1) is 23.9. The monoisotopic (exact) mass is 499 g/mol. The molecule has 34 heavy (non-hydrogen) atoms. The Labute approximate surface area is 205 Å². The number of hydrogen-bond acceptors (Lipinski definition) is 5. The lowest BCUT2D eigenvalue weighted by Gasteiger charge is -2.37. The summed E-state index contributed by atoms with van der Waals surface area (Å²) in [6.45, 7) is 1.83. The molecular weight excluding hydrogens is 474 g/mol. The lowest BCUT2D eigenvalue weighted by Crippen LogP contribution is -2.52. The first-order valence-electron chi connectivity index (χ1n) is 10.9. The highest BCUT2D eigenvalue weighted by molar-refractivity contribution is 7.92. The van der Waals surface area contributed by atoms with Crippen LogP contribution in [-0.4, -0.2) is 59.1 Å². The van der Waals surface area contributed by atoms with E-state index in [1.165, 1.54) is 12.1 Å². The predicted octanol–water partition coefficient (Wildman–Crippen LogP) is 3.89. The van der Waals surface area contributed by atoms with Crippen molar-refractivity contribution >= 4 is 38.9 Å². The van der Waals surface area contributed by atoms with Gasteiger partial charge in [0.05, 0.1) is 28.4 Å². The Hall–Kier alpha value is -3.23. The van der Waals surface area contributed by atoms with Crippen LogP contribution in [0.1, 0.15) is 0 Å². The lowest BCUT2D eigenvalue weighted by molar-refractivity contribution is -0.129. The SMILES string of the molecule is COc1ccccc1N1CCN(C(=O)CN(c2ccccc2Cl)S(=O)(=O)c2ccccc2)CC1. The van der Waals surface area contributed by atoms with Crippen LogP contribution in [0.2, 0.25) is 5.02 Å². The van der Waals surface area contributed by atoms with Crippen molar-refractivity contribution in [2.45, 2.75) is 4.90 Å². The molecule has 1 heterocycles. The number of para-hydroxylation sites is 3. The van der Waals surface area contributed by atoms with Crippen LogP contribution < -0.4 is 13.9 Å². The van der Waals surface area contributed by atoms with Gasteiger partial charge >= 0.3 is 0 Å². The first-order valence-corrected chi connectivity index (χ1v) is 12.7. The van der Waals surface area contributed by atoms with Gasteiger partial charge in [-0.15, -0.1) is 0 Å². The Bertz CT molecular complexity index is 1250. The van der Waals surface area contributed by atoms with Crippen LogP contribution in [0.25, 0.3) is 0 Å². The number of sulfonamides is 1. The van der Waals surface area contributed by atoms with E-state index in [1.54, 1.807) is 54.5 Å². The van der Waals surface area contributed by atoms with Crippen LogP contribution in [0.15, 0.2) is 83.8 Å². The minimum Gasteiger partial charge on any atom is -0.495 e. The lowest BCUT2D eigenvalue weighted by atomic mass is 10.2. The Morgan fingerprint density at radius 2 is 1.53 bits per heavy atom. The molecule has 1 amide bonds. The summed E-state index contributed by atoms with van der Waals surface area (Å²) in [5.41, 5.74) is 1.25. The molecular formula is C25H26ClN3O4S. The molecule has 0 bridgehead atoms. The number of anilines is 2. The average molecular weight is 500 g/mol. The highest BCUT2D eigenvalue weighted by atomic mass is 35.5. The molecule has 0 atom stereocenters. The Kier molecular flexibility index (Phi) is 7.29. The van der Waals surface area contributed by atoms with Gasteiger partial charge in [-0.25, -0.2) is 8.42 Å². The van der Waals surface area contributed by atoms with Crippen molar-refractivity contribution in [2.75, 3.05) is 49.0 Å². The van der Waals surface area contributed by atoms with Gasteiger partial charge in [-0.2, -0.15) is 0 Å². The Balaban J connectivity index is 1.54. The van der Waals surface area contributed by atoms with Crippen LogP contribution >= 0.6 is 11.6 Å². The summed E-state index contributed by atoms with van der Waals surface area (Å²) in [6, 6.07) is 22.5. The molecule has 7 nitrogen and oxygen atoms in total. The van der Waals surface area contributed by atoms with Crippen molar-refractivity contribution in [3.8, 4) is 5.75 Å². The standard InChI is InChI=1S/C25H26ClN3O4S/c1-33-24-14-8-7-13-23(24)27-15-17-28(18-16-27)25(30)19-29(22-12-6-5-11-21(22)26)34(31,32)20-9-3-2-4-10-20/h2-14H,15-19H2,1H3. The van der Waals surface area contributed by atoms with Crippen LogP contribution in [0.5, 0.6) is 5.75 Å². The summed E-state index contributed by atoms with van der Waals surface area (Å²) in [5, 5.41) is 0.260. The maximum Gasteiger partial charge on any atom is 0.264 e. The fraction of sp³-hybridized carbons (Fsp3) is 0.240. The van der Waals surface area contributed by atoms with Gasteiger partial charge in [0.15, 0.2) is 0 Å². The number of methoxy groups -OCH3 is 1. The second kappa shape index (κ2) is 10.4. The minimum absolute atomic E-state index is 0.101. The van der Waals surface area contributed by atoms with E-state index in [9.17, 15) is 13.2 Å². The summed E-state index contributed by atoms with van der Waals surface area (Å²) >= 11 is 6.35. The van der Waals surface area contributed by atoms with Crippen molar-refractivity contribution in [1.29, 1.82) is 0 Å². The fourth-order valence-corrected chi connectivity index (χ4v) is 5.73. The van der Waals surface area contributed by atoms with E-state index in [-0.39, 0.29) is 28.1 Å². The number of hydrogen-bond donors (Lipinski definition) is 0. The quantitative estimate of drug-likeness (QED) is 0.493. The number of amides is 1. The van der Waals surface area contributed by atoms with Gasteiger partial charge in [0.1, 0.15) is 12.3 Å². The normalized spacial score (nSPS) is 14.1. The molecule has 0 saturated carbocycles. The average Bonchev–Trinajstić information content (AvgIpc) is 2.88. The van der Waals surface area contributed by atoms with Crippen LogP contribution in [0, 0.1) is 0 Å². The van der Waals surface area contributed by atoms with Gasteiger partial charge < -0.3 is 14.5 Å². The third kappa shape index (κ3) is 4.98. The number of carbonyl (C=O) groups excluding carboxylic acids is 1. The van der Waals surface area contributed by atoms with E-state index in [0.717, 1.165) is 15.7 Å². The smallest absolute Gasteiger partial charge is 0.264 e. The Morgan fingerprint density at radius 1 is 0.912 bits per heavy atom. The van der Waals surface area contributed by atoms with Crippen molar-refractivity contribution in [1.82, 2.24) is 4.90 Å². The number of carbonyl (C=O) groups is 1. The van der Waals surface area contributed by atoms with Crippen LogP contribution in [0.4, 0.5) is 11.4 Å². The maximum absolute atomic E-state index is 13.5. The van der Waals surface area contributed by atoms with Gasteiger partial charge in [0, 0.05) is 26.2 Å². The largest absolute Gasteiger partial charge is 0.495 e. The molecule has 4 rings (SSSR count). The summed E-state index contributed by atoms with van der Waals surface area (Å²) < 4.78 is 33.5. The van der Waals surface area contributed by atoms with E-state index in [1.807, 2.05) is 24.3 Å². The molecule has 1 aliphatic heterocycles. The number of benzene rings is 3. The molecule has 3 aromatic rings. The van der Waals surface area contributed by atoms with Crippen molar-refractivity contribution in [2.24, 2.45) is 0 Å². The fourth-order valence-electron chi connectivity index (χ4n) is 3.98. The van der Waals surface area contributed by atoms with Crippen LogP contribution in [0.3, 0.4) is 0 Å². The first-order chi connectivity index (χ1) is 16.4. The maximum atomic E-state index is 13.5. The van der Waals surface area contributed by atoms with Gasteiger partial charge in [0.25, 0.3) is 10.0 Å². The molecule has 1 saturated heterocycles. The van der Waals surface area contributed by atoms with Gasteiger partial charge in [-0.1, -0.05) is 54.1 Å². The summed E-state index contributed by atoms with van der Waals surface area (Å²) in [4.78, 5) is 17.2. The van der Waals surface area contributed by atoms with E-state index in [0.29, 0.717) is 26.2 Å². The highest BCUT2D eigenvalue weighted by Gasteiger charge is 2.31. The number of nitrogens with zero attached hydrogens (tertiary/aromatic N) is 3. The second-order valence-corrected chi connectivity index (χ2v) is 10.1. The molecule has 9 heteroatoms. The second-order valence-electron chi connectivity index (χ2n) is 7.82. The minimum atomic E-state index is -4.00. The molecule has 0 unspecified atom stereocenters. The van der Waals surface area contributed by atoms with Crippen molar-refractivity contribution < 1.29 is 17.9 Å². The number of rotatable bonds is 7. The van der Waals surface area contributed by atoms with Crippen LogP contribution in [-0.2, 0) is 14.8 Å². The number of ether oxygens (including phenoxy) is 1. The van der Waals surface area contributed by atoms with Gasteiger partial charge in [-0.3, -0.25) is 9.10 Å². The third-order valence-electron chi connectivity index (χ3n) is 5.79. The molecule has 178 valence electrons. The van der Waals surface area contributed by atoms with E-state index in [2.05, 4.69) is 4.90 Å². The zero-order valence-corrected chi connectivity index (χ0v) is 20.4. The van der Waals surface area contributed by atoms with E-state index in [4.69, 9.17) is 16.3 Å². The van der Waals surface area contributed by atoms with Gasteiger partial charge in [0.2, 0.25) is 5.91 Å². The summed E-state index contributed by atoms with van der Waals surface area (Å²) in [5.74, 6) is 0.500. The predicted molar refractivity (Wildman–Crippen MR) is 134 cm³/mol.